The van der Waals surface area contributed by atoms with Crippen LogP contribution in [0.25, 0.3) is 16.9 Å². The number of carbonyl (C=O) groups excluding carboxylic acids is 1. The van der Waals surface area contributed by atoms with Crippen LogP contribution in [0.3, 0.4) is 0 Å². The van der Waals surface area contributed by atoms with E-state index in [0.29, 0.717) is 24.6 Å². The predicted octanol–water partition coefficient (Wildman–Crippen LogP) is 4.53. The van der Waals surface area contributed by atoms with Gasteiger partial charge in [-0.25, -0.2) is 14.3 Å². The van der Waals surface area contributed by atoms with Crippen molar-refractivity contribution < 1.29 is 19.0 Å². The third kappa shape index (κ3) is 4.49. The fourth-order valence-corrected chi connectivity index (χ4v) is 4.07. The minimum atomic E-state index is -0.510. The van der Waals surface area contributed by atoms with Crippen molar-refractivity contribution in [1.82, 2.24) is 19.5 Å². The maximum Gasteiger partial charge on any atom is 0.410 e. The maximum absolute atomic E-state index is 12.6. The van der Waals surface area contributed by atoms with Crippen LogP contribution in [0.5, 0.6) is 11.5 Å². The van der Waals surface area contributed by atoms with Crippen molar-refractivity contribution in [2.24, 2.45) is 0 Å². The number of benzene rings is 1. The molecule has 0 saturated carbocycles. The number of ether oxygens (including phenoxy) is 3. The van der Waals surface area contributed by atoms with E-state index in [1.807, 2.05) is 55.6 Å². The molecule has 1 saturated heterocycles. The Hall–Kier alpha value is -3.29. The Morgan fingerprint density at radius 1 is 1.09 bits per heavy atom. The van der Waals surface area contributed by atoms with Crippen molar-refractivity contribution in [2.45, 2.75) is 45.1 Å². The highest BCUT2D eigenvalue weighted by atomic mass is 16.6. The fourth-order valence-electron chi connectivity index (χ4n) is 4.07. The van der Waals surface area contributed by atoms with E-state index in [0.717, 1.165) is 35.4 Å². The smallest absolute Gasteiger partial charge is 0.410 e. The second-order valence-electron chi connectivity index (χ2n) is 9.00. The molecule has 1 aliphatic rings. The number of nitrogens with zero attached hydrogens (tertiary/aromatic N) is 4. The summed E-state index contributed by atoms with van der Waals surface area (Å²) in [6.07, 6.45) is 3.43. The van der Waals surface area contributed by atoms with Crippen LogP contribution in [0.4, 0.5) is 4.79 Å². The number of piperidine rings is 1. The molecule has 170 valence electrons. The van der Waals surface area contributed by atoms with Crippen LogP contribution in [0.2, 0.25) is 0 Å². The van der Waals surface area contributed by atoms with E-state index in [4.69, 9.17) is 19.3 Å². The molecule has 1 fully saturated rings. The van der Waals surface area contributed by atoms with Crippen LogP contribution in [-0.2, 0) is 4.74 Å². The summed E-state index contributed by atoms with van der Waals surface area (Å²) in [5.41, 5.74) is 3.00. The van der Waals surface area contributed by atoms with Crippen LogP contribution in [0, 0.1) is 0 Å². The second-order valence-corrected chi connectivity index (χ2v) is 9.00. The Morgan fingerprint density at radius 3 is 2.59 bits per heavy atom. The van der Waals surface area contributed by atoms with Gasteiger partial charge in [0.2, 0.25) is 0 Å². The number of hydrogen-bond acceptors (Lipinski definition) is 6. The molecule has 0 unspecified atom stereocenters. The molecule has 8 nitrogen and oxygen atoms in total. The predicted molar refractivity (Wildman–Crippen MR) is 121 cm³/mol. The highest BCUT2D eigenvalue weighted by Gasteiger charge is 2.29. The Labute approximate surface area is 188 Å². The van der Waals surface area contributed by atoms with E-state index in [1.165, 1.54) is 0 Å². The lowest BCUT2D eigenvalue weighted by Crippen LogP contribution is -2.42. The SMILES string of the molecule is COc1ccc(-c2cc3nccc([C@H]4CCCN(C(=O)OC(C)(C)C)C4)n3n2)cc1OC. The van der Waals surface area contributed by atoms with Crippen molar-refractivity contribution in [3.63, 3.8) is 0 Å². The molecule has 8 heteroatoms. The van der Waals surface area contributed by atoms with Gasteiger partial charge in [0.25, 0.3) is 0 Å². The third-order valence-electron chi connectivity index (χ3n) is 5.56. The zero-order valence-electron chi connectivity index (χ0n) is 19.3. The molecule has 0 radical (unpaired) electrons. The number of rotatable bonds is 4. The maximum atomic E-state index is 12.6. The average molecular weight is 439 g/mol. The van der Waals surface area contributed by atoms with Crippen molar-refractivity contribution in [1.29, 1.82) is 0 Å². The molecular weight excluding hydrogens is 408 g/mol. The zero-order valence-corrected chi connectivity index (χ0v) is 19.3. The monoisotopic (exact) mass is 438 g/mol. The number of amides is 1. The Balaban J connectivity index is 1.63. The number of aromatic nitrogens is 3. The van der Waals surface area contributed by atoms with E-state index in [9.17, 15) is 4.79 Å². The lowest BCUT2D eigenvalue weighted by Gasteiger charge is -2.34. The molecule has 0 spiro atoms. The van der Waals surface area contributed by atoms with Crippen LogP contribution in [0.1, 0.15) is 45.2 Å². The first-order valence-electron chi connectivity index (χ1n) is 10.8. The topological polar surface area (TPSA) is 78.2 Å². The molecule has 2 aromatic heterocycles. The van der Waals surface area contributed by atoms with Crippen LogP contribution < -0.4 is 9.47 Å². The van der Waals surface area contributed by atoms with Crippen molar-refractivity contribution in [3.8, 4) is 22.8 Å². The van der Waals surface area contributed by atoms with Gasteiger partial charge < -0.3 is 19.1 Å². The molecule has 32 heavy (non-hydrogen) atoms. The molecule has 0 N–H and O–H groups in total. The minimum Gasteiger partial charge on any atom is -0.493 e. The van der Waals surface area contributed by atoms with Gasteiger partial charge in [-0.1, -0.05) is 0 Å². The van der Waals surface area contributed by atoms with Gasteiger partial charge in [-0.3, -0.25) is 0 Å². The summed E-state index contributed by atoms with van der Waals surface area (Å²) >= 11 is 0. The molecule has 3 aromatic rings. The number of methoxy groups -OCH3 is 2. The second kappa shape index (κ2) is 8.68. The molecule has 0 aliphatic carbocycles. The Bertz CT molecular complexity index is 1120. The molecule has 1 atom stereocenters. The quantitative estimate of drug-likeness (QED) is 0.596. The first-order valence-corrected chi connectivity index (χ1v) is 10.8. The first kappa shape index (κ1) is 21.9. The minimum absolute atomic E-state index is 0.153. The Kier molecular flexibility index (Phi) is 5.95. The summed E-state index contributed by atoms with van der Waals surface area (Å²) in [7, 11) is 3.23. The number of fused-ring (bicyclic) bond motifs is 1. The lowest BCUT2D eigenvalue weighted by molar-refractivity contribution is 0.0196. The van der Waals surface area contributed by atoms with Crippen molar-refractivity contribution in [2.75, 3.05) is 27.3 Å². The van der Waals surface area contributed by atoms with Gasteiger partial charge in [0.15, 0.2) is 17.1 Å². The molecule has 4 rings (SSSR count). The normalized spacial score (nSPS) is 16.8. The highest BCUT2D eigenvalue weighted by Crippen LogP contribution is 2.33. The summed E-state index contributed by atoms with van der Waals surface area (Å²) in [4.78, 5) is 18.9. The van der Waals surface area contributed by atoms with Crippen LogP contribution in [-0.4, -0.2) is 58.5 Å². The molecule has 1 amide bonds. The molecule has 0 bridgehead atoms. The zero-order chi connectivity index (χ0) is 22.9. The van der Waals surface area contributed by atoms with Crippen molar-refractivity contribution in [3.05, 3.63) is 42.2 Å². The summed E-state index contributed by atoms with van der Waals surface area (Å²) < 4.78 is 18.2. The van der Waals surface area contributed by atoms with Gasteiger partial charge >= 0.3 is 6.09 Å². The molecule has 1 aliphatic heterocycles. The number of carbonyl (C=O) groups is 1. The van der Waals surface area contributed by atoms with E-state index in [2.05, 4.69) is 4.98 Å². The largest absolute Gasteiger partial charge is 0.493 e. The summed E-state index contributed by atoms with van der Waals surface area (Å²) in [5, 5.41) is 4.84. The molecule has 1 aromatic carbocycles. The first-order chi connectivity index (χ1) is 15.3. The van der Waals surface area contributed by atoms with Gasteiger partial charge in [0.05, 0.1) is 25.6 Å². The number of likely N-dealkylation sites (tertiary alicyclic amines) is 1. The molecular formula is C24H30N4O4. The van der Waals surface area contributed by atoms with Gasteiger partial charge in [0.1, 0.15) is 5.60 Å². The summed E-state index contributed by atoms with van der Waals surface area (Å²) in [6.45, 7) is 6.96. The van der Waals surface area contributed by atoms with Gasteiger partial charge in [-0.2, -0.15) is 5.10 Å². The van der Waals surface area contributed by atoms with E-state index < -0.39 is 5.60 Å². The standard InChI is InChI=1S/C24H30N4O4/c1-24(2,3)32-23(29)27-12-6-7-17(15-27)19-10-11-25-22-14-18(26-28(19)22)16-8-9-20(30-4)21(13-16)31-5/h8-11,13-14,17H,6-7,12,15H2,1-5H3/t17-/m0/s1. The third-order valence-corrected chi connectivity index (χ3v) is 5.56. The van der Waals surface area contributed by atoms with Gasteiger partial charge in [-0.15, -0.1) is 0 Å². The number of hydrogen-bond donors (Lipinski definition) is 0. The van der Waals surface area contributed by atoms with E-state index in [1.54, 1.807) is 25.3 Å². The van der Waals surface area contributed by atoms with Crippen LogP contribution in [0.15, 0.2) is 36.5 Å². The van der Waals surface area contributed by atoms with Crippen LogP contribution >= 0.6 is 0 Å². The van der Waals surface area contributed by atoms with E-state index in [-0.39, 0.29) is 12.0 Å². The van der Waals surface area contributed by atoms with Crippen molar-refractivity contribution >= 4 is 11.7 Å². The van der Waals surface area contributed by atoms with E-state index >= 15 is 0 Å². The molecule has 3 heterocycles. The Morgan fingerprint density at radius 2 is 1.88 bits per heavy atom. The summed E-state index contributed by atoms with van der Waals surface area (Å²) in [6, 6.07) is 9.67. The van der Waals surface area contributed by atoms with Gasteiger partial charge in [-0.05, 0) is 57.9 Å². The lowest BCUT2D eigenvalue weighted by atomic mass is 9.95. The highest BCUT2D eigenvalue weighted by molar-refractivity contribution is 5.69. The summed E-state index contributed by atoms with van der Waals surface area (Å²) in [5.74, 6) is 1.47. The van der Waals surface area contributed by atoms with Gasteiger partial charge in [0, 0.05) is 36.8 Å². The average Bonchev–Trinajstić information content (AvgIpc) is 3.22. The fraction of sp³-hybridized carbons (Fsp3) is 0.458.